The van der Waals surface area contributed by atoms with Crippen LogP contribution in [0.1, 0.15) is 12.8 Å². The lowest BCUT2D eigenvalue weighted by molar-refractivity contribution is -0.200. The molecule has 9 heteroatoms. The standard InChI is InChI=1S/C20H26F3O4PSi/c1-29(2,3)16-10-15-19(20(21,22)23)27-28(24,25-17-11-6-4-7-12-17)26-18-13-8-5-9-14-18/h4-9,11-14,19H,10,15-16H2,1-3H3/t19-/m0/s1. The van der Waals surface area contributed by atoms with Crippen LogP contribution in [-0.2, 0) is 9.09 Å². The van der Waals surface area contributed by atoms with Crippen molar-refractivity contribution < 1.29 is 31.3 Å². The fourth-order valence-electron chi connectivity index (χ4n) is 2.53. The normalized spacial score (nSPS) is 13.7. The average molecular weight is 446 g/mol. The van der Waals surface area contributed by atoms with Gasteiger partial charge in [0.1, 0.15) is 11.5 Å². The average Bonchev–Trinajstić information content (AvgIpc) is 2.60. The van der Waals surface area contributed by atoms with Crippen molar-refractivity contribution in [3.63, 3.8) is 0 Å². The number of hydrogen-bond donors (Lipinski definition) is 0. The minimum Gasteiger partial charge on any atom is -0.395 e. The molecule has 4 nitrogen and oxygen atoms in total. The number of para-hydroxylation sites is 2. The number of phosphoric acid groups is 1. The molecule has 29 heavy (non-hydrogen) atoms. The number of hydrogen-bond acceptors (Lipinski definition) is 4. The quantitative estimate of drug-likeness (QED) is 0.283. The Bertz CT molecular complexity index is 749. The van der Waals surface area contributed by atoms with E-state index in [0.29, 0.717) is 12.5 Å². The third-order valence-corrected chi connectivity index (χ3v) is 7.17. The van der Waals surface area contributed by atoms with Crippen LogP contribution in [0.5, 0.6) is 11.5 Å². The lowest BCUT2D eigenvalue weighted by Crippen LogP contribution is -2.32. The van der Waals surface area contributed by atoms with Crippen LogP contribution >= 0.6 is 7.82 Å². The van der Waals surface area contributed by atoms with E-state index < -0.39 is 28.2 Å². The minimum atomic E-state index is -4.70. The summed E-state index contributed by atoms with van der Waals surface area (Å²) in [6.07, 6.45) is -6.95. The molecule has 0 unspecified atom stereocenters. The number of phosphoric ester groups is 1. The predicted octanol–water partition coefficient (Wildman–Crippen LogP) is 7.32. The van der Waals surface area contributed by atoms with E-state index in [-0.39, 0.29) is 17.9 Å². The molecule has 0 spiro atoms. The predicted molar refractivity (Wildman–Crippen MR) is 110 cm³/mol. The second-order valence-electron chi connectivity index (χ2n) is 7.84. The highest BCUT2D eigenvalue weighted by molar-refractivity contribution is 7.49. The molecule has 0 amide bonds. The van der Waals surface area contributed by atoms with Crippen molar-refractivity contribution in [2.24, 2.45) is 0 Å². The zero-order valence-corrected chi connectivity index (χ0v) is 18.6. The smallest absolute Gasteiger partial charge is 0.395 e. The molecule has 0 heterocycles. The van der Waals surface area contributed by atoms with Crippen molar-refractivity contribution in [2.45, 2.75) is 50.8 Å². The fraction of sp³-hybridized carbons (Fsp3) is 0.400. The van der Waals surface area contributed by atoms with Gasteiger partial charge >= 0.3 is 14.0 Å². The first-order valence-corrected chi connectivity index (χ1v) is 14.5. The lowest BCUT2D eigenvalue weighted by atomic mass is 10.2. The maximum absolute atomic E-state index is 13.6. The number of benzene rings is 2. The third kappa shape index (κ3) is 8.64. The van der Waals surface area contributed by atoms with Crippen molar-refractivity contribution in [1.29, 1.82) is 0 Å². The molecule has 0 radical (unpaired) electrons. The molecule has 0 fully saturated rings. The Hall–Kier alpha value is -1.76. The Balaban J connectivity index is 2.23. The molecule has 0 aliphatic heterocycles. The van der Waals surface area contributed by atoms with Gasteiger partial charge in [0.15, 0.2) is 6.10 Å². The highest BCUT2D eigenvalue weighted by Crippen LogP contribution is 2.52. The molecule has 0 N–H and O–H groups in total. The Morgan fingerprint density at radius 2 is 1.34 bits per heavy atom. The van der Waals surface area contributed by atoms with Gasteiger partial charge in [-0.15, -0.1) is 0 Å². The van der Waals surface area contributed by atoms with Crippen LogP contribution in [0, 0.1) is 0 Å². The molecular formula is C20H26F3O4PSi. The molecule has 0 saturated heterocycles. The SMILES string of the molecule is C[Si](C)(C)CCC[C@H](OP(=O)(Oc1ccccc1)Oc1ccccc1)C(F)(F)F. The van der Waals surface area contributed by atoms with Crippen LogP contribution in [0.4, 0.5) is 13.2 Å². The Morgan fingerprint density at radius 1 is 0.897 bits per heavy atom. The van der Waals surface area contributed by atoms with E-state index in [0.717, 1.165) is 0 Å². The number of rotatable bonds is 10. The summed E-state index contributed by atoms with van der Waals surface area (Å²) >= 11 is 0. The minimum absolute atomic E-state index is 0.0924. The van der Waals surface area contributed by atoms with E-state index in [9.17, 15) is 17.7 Å². The highest BCUT2D eigenvalue weighted by atomic mass is 31.2. The molecule has 0 bridgehead atoms. The largest absolute Gasteiger partial charge is 0.588 e. The summed E-state index contributed by atoms with van der Waals surface area (Å²) in [6, 6.07) is 16.4. The van der Waals surface area contributed by atoms with Gasteiger partial charge in [-0.25, -0.2) is 4.57 Å². The van der Waals surface area contributed by atoms with Gasteiger partial charge in [0.25, 0.3) is 0 Å². The van der Waals surface area contributed by atoms with Gasteiger partial charge in [-0.2, -0.15) is 13.2 Å². The topological polar surface area (TPSA) is 44.8 Å². The summed E-state index contributed by atoms with van der Waals surface area (Å²) in [6.45, 7) is 6.25. The summed E-state index contributed by atoms with van der Waals surface area (Å²) in [7, 11) is -6.12. The molecule has 0 aliphatic carbocycles. The van der Waals surface area contributed by atoms with Gasteiger partial charge in [0, 0.05) is 8.07 Å². The van der Waals surface area contributed by atoms with Gasteiger partial charge in [0.05, 0.1) is 0 Å². The van der Waals surface area contributed by atoms with Crippen LogP contribution in [-0.4, -0.2) is 20.4 Å². The van der Waals surface area contributed by atoms with E-state index in [1.165, 1.54) is 24.3 Å². The molecule has 160 valence electrons. The first kappa shape index (κ1) is 23.5. The fourth-order valence-corrected chi connectivity index (χ4v) is 5.22. The van der Waals surface area contributed by atoms with Gasteiger partial charge in [-0.3, -0.25) is 4.52 Å². The van der Waals surface area contributed by atoms with E-state index in [1.807, 2.05) is 0 Å². The molecule has 2 aromatic rings. The summed E-state index contributed by atoms with van der Waals surface area (Å²) in [5.74, 6) is 0.185. The van der Waals surface area contributed by atoms with E-state index in [1.54, 1.807) is 36.4 Å². The molecule has 1 atom stereocenters. The lowest BCUT2D eigenvalue weighted by Gasteiger charge is -2.26. The first-order chi connectivity index (χ1) is 13.5. The third-order valence-electron chi connectivity index (χ3n) is 3.94. The number of halogens is 3. The van der Waals surface area contributed by atoms with E-state index in [4.69, 9.17) is 13.6 Å². The second kappa shape index (κ2) is 9.83. The van der Waals surface area contributed by atoms with Crippen LogP contribution < -0.4 is 9.05 Å². The van der Waals surface area contributed by atoms with E-state index >= 15 is 0 Å². The van der Waals surface area contributed by atoms with Crippen molar-refractivity contribution >= 4 is 15.9 Å². The Morgan fingerprint density at radius 3 is 1.72 bits per heavy atom. The van der Waals surface area contributed by atoms with Crippen molar-refractivity contribution in [3.05, 3.63) is 60.7 Å². The zero-order valence-electron chi connectivity index (χ0n) is 16.7. The highest BCUT2D eigenvalue weighted by Gasteiger charge is 2.47. The van der Waals surface area contributed by atoms with Crippen LogP contribution in [0.3, 0.4) is 0 Å². The Labute approximate surface area is 170 Å². The van der Waals surface area contributed by atoms with Crippen LogP contribution in [0.15, 0.2) is 60.7 Å². The maximum atomic E-state index is 13.6. The van der Waals surface area contributed by atoms with Gasteiger partial charge in [0.2, 0.25) is 0 Å². The summed E-state index contributed by atoms with van der Waals surface area (Å²) in [5.41, 5.74) is 0. The number of alkyl halides is 3. The van der Waals surface area contributed by atoms with Crippen molar-refractivity contribution in [2.75, 3.05) is 0 Å². The van der Waals surface area contributed by atoms with Crippen LogP contribution in [0.25, 0.3) is 0 Å². The molecule has 0 aliphatic rings. The second-order valence-corrected chi connectivity index (χ2v) is 14.9. The molecule has 2 aromatic carbocycles. The zero-order chi connectivity index (χ0) is 21.5. The monoisotopic (exact) mass is 446 g/mol. The first-order valence-electron chi connectivity index (χ1n) is 9.31. The maximum Gasteiger partial charge on any atom is 0.588 e. The van der Waals surface area contributed by atoms with Crippen LogP contribution in [0.2, 0.25) is 25.7 Å². The molecular weight excluding hydrogens is 420 g/mol. The van der Waals surface area contributed by atoms with Gasteiger partial charge in [-0.1, -0.05) is 68.5 Å². The van der Waals surface area contributed by atoms with Gasteiger partial charge < -0.3 is 9.05 Å². The van der Waals surface area contributed by atoms with Crippen molar-refractivity contribution in [1.82, 2.24) is 0 Å². The summed E-state index contributed by atoms with van der Waals surface area (Å²) in [4.78, 5) is 0. The summed E-state index contributed by atoms with van der Waals surface area (Å²) in [5, 5.41) is 0. The van der Waals surface area contributed by atoms with Crippen molar-refractivity contribution in [3.8, 4) is 11.5 Å². The molecule has 0 saturated carbocycles. The van der Waals surface area contributed by atoms with Gasteiger partial charge in [-0.05, 0) is 30.7 Å². The van der Waals surface area contributed by atoms with E-state index in [2.05, 4.69) is 19.6 Å². The Kier molecular flexibility index (Phi) is 7.97. The molecule has 0 aromatic heterocycles. The molecule has 2 rings (SSSR count). The summed E-state index contributed by atoms with van der Waals surface area (Å²) < 4.78 is 69.6.